The van der Waals surface area contributed by atoms with E-state index in [9.17, 15) is 14.0 Å². The molecule has 0 aliphatic carbocycles. The molecule has 0 atom stereocenters. The SMILES string of the molecule is CCc1ccc(NC(=O)c2cccc(C(=O)Nc3ccc(F)cc3)n2)cc1. The Hall–Kier alpha value is -3.54. The van der Waals surface area contributed by atoms with E-state index in [0.717, 1.165) is 6.42 Å². The molecule has 1 heterocycles. The van der Waals surface area contributed by atoms with E-state index in [-0.39, 0.29) is 11.4 Å². The van der Waals surface area contributed by atoms with Crippen LogP contribution in [-0.2, 0) is 6.42 Å². The van der Waals surface area contributed by atoms with Gasteiger partial charge in [0.25, 0.3) is 11.8 Å². The molecule has 3 rings (SSSR count). The average Bonchev–Trinajstić information content (AvgIpc) is 2.70. The van der Waals surface area contributed by atoms with Crippen LogP contribution in [-0.4, -0.2) is 16.8 Å². The summed E-state index contributed by atoms with van der Waals surface area (Å²) < 4.78 is 12.9. The first-order chi connectivity index (χ1) is 13.0. The molecule has 0 fully saturated rings. The summed E-state index contributed by atoms with van der Waals surface area (Å²) in [7, 11) is 0. The van der Waals surface area contributed by atoms with Crippen LogP contribution in [0.15, 0.2) is 66.7 Å². The monoisotopic (exact) mass is 363 g/mol. The number of amides is 2. The van der Waals surface area contributed by atoms with Crippen molar-refractivity contribution in [2.75, 3.05) is 10.6 Å². The van der Waals surface area contributed by atoms with Gasteiger partial charge in [-0.3, -0.25) is 9.59 Å². The second-order valence-corrected chi connectivity index (χ2v) is 5.87. The lowest BCUT2D eigenvalue weighted by Gasteiger charge is -2.08. The molecule has 1 aromatic heterocycles. The van der Waals surface area contributed by atoms with Crippen molar-refractivity contribution in [1.29, 1.82) is 0 Å². The number of nitrogens with one attached hydrogen (secondary N) is 2. The normalized spacial score (nSPS) is 10.3. The standard InChI is InChI=1S/C21H18FN3O2/c1-2-14-6-10-16(11-7-14)23-20(26)18-4-3-5-19(25-18)21(27)24-17-12-8-15(22)9-13-17/h3-13H,2H2,1H3,(H,23,26)(H,24,27). The molecule has 0 aliphatic heterocycles. The van der Waals surface area contributed by atoms with Crippen molar-refractivity contribution in [2.24, 2.45) is 0 Å². The van der Waals surface area contributed by atoms with Gasteiger partial charge in [-0.15, -0.1) is 0 Å². The van der Waals surface area contributed by atoms with E-state index in [0.29, 0.717) is 11.4 Å². The van der Waals surface area contributed by atoms with Crippen LogP contribution in [0.3, 0.4) is 0 Å². The van der Waals surface area contributed by atoms with Gasteiger partial charge in [0.1, 0.15) is 17.2 Å². The van der Waals surface area contributed by atoms with Crippen LogP contribution in [0.1, 0.15) is 33.5 Å². The summed E-state index contributed by atoms with van der Waals surface area (Å²) >= 11 is 0. The van der Waals surface area contributed by atoms with Crippen molar-refractivity contribution in [3.63, 3.8) is 0 Å². The van der Waals surface area contributed by atoms with E-state index in [1.165, 1.54) is 42.0 Å². The molecular weight excluding hydrogens is 345 g/mol. The summed E-state index contributed by atoms with van der Waals surface area (Å²) in [5, 5.41) is 5.37. The van der Waals surface area contributed by atoms with Crippen LogP contribution in [0, 0.1) is 5.82 Å². The lowest BCUT2D eigenvalue weighted by Crippen LogP contribution is -2.18. The Morgan fingerprint density at radius 2 is 1.30 bits per heavy atom. The third-order valence-electron chi connectivity index (χ3n) is 3.94. The molecule has 2 N–H and O–H groups in total. The Morgan fingerprint density at radius 1 is 0.815 bits per heavy atom. The highest BCUT2D eigenvalue weighted by Gasteiger charge is 2.13. The molecule has 0 radical (unpaired) electrons. The molecule has 6 heteroatoms. The zero-order valence-electron chi connectivity index (χ0n) is 14.7. The first-order valence-corrected chi connectivity index (χ1v) is 8.49. The third-order valence-corrected chi connectivity index (χ3v) is 3.94. The second kappa shape index (κ2) is 8.23. The summed E-state index contributed by atoms with van der Waals surface area (Å²) in [5.41, 5.74) is 2.48. The Balaban J connectivity index is 1.70. The molecule has 0 saturated carbocycles. The van der Waals surface area contributed by atoms with Crippen LogP contribution in [0.2, 0.25) is 0 Å². The topological polar surface area (TPSA) is 71.1 Å². The van der Waals surface area contributed by atoms with Crippen LogP contribution in [0.25, 0.3) is 0 Å². The molecule has 136 valence electrons. The van der Waals surface area contributed by atoms with E-state index in [2.05, 4.69) is 22.5 Å². The number of benzene rings is 2. The van der Waals surface area contributed by atoms with Gasteiger partial charge in [0.05, 0.1) is 0 Å². The number of anilines is 2. The molecule has 0 spiro atoms. The van der Waals surface area contributed by atoms with E-state index in [1.54, 1.807) is 6.07 Å². The Morgan fingerprint density at radius 3 is 1.78 bits per heavy atom. The van der Waals surface area contributed by atoms with Crippen LogP contribution < -0.4 is 10.6 Å². The van der Waals surface area contributed by atoms with E-state index in [1.807, 2.05) is 24.3 Å². The van der Waals surface area contributed by atoms with Gasteiger partial charge in [-0.05, 0) is 60.5 Å². The number of rotatable bonds is 5. The average molecular weight is 363 g/mol. The Kier molecular flexibility index (Phi) is 5.56. The van der Waals surface area contributed by atoms with Gasteiger partial charge in [0.2, 0.25) is 0 Å². The predicted molar refractivity (Wildman–Crippen MR) is 102 cm³/mol. The molecule has 0 unspecified atom stereocenters. The maximum atomic E-state index is 12.9. The molecule has 5 nitrogen and oxygen atoms in total. The zero-order valence-corrected chi connectivity index (χ0v) is 14.7. The van der Waals surface area contributed by atoms with Gasteiger partial charge >= 0.3 is 0 Å². The highest BCUT2D eigenvalue weighted by molar-refractivity contribution is 6.06. The smallest absolute Gasteiger partial charge is 0.274 e. The van der Waals surface area contributed by atoms with Crippen molar-refractivity contribution in [1.82, 2.24) is 4.98 Å². The Labute approximate surface area is 156 Å². The van der Waals surface area contributed by atoms with Gasteiger partial charge in [0, 0.05) is 11.4 Å². The molecular formula is C21H18FN3O2. The van der Waals surface area contributed by atoms with Gasteiger partial charge in [-0.1, -0.05) is 25.1 Å². The quantitative estimate of drug-likeness (QED) is 0.710. The molecule has 2 aromatic carbocycles. The molecule has 0 aliphatic rings. The number of halogens is 1. The highest BCUT2D eigenvalue weighted by atomic mass is 19.1. The predicted octanol–water partition coefficient (Wildman–Crippen LogP) is 4.29. The zero-order chi connectivity index (χ0) is 19.2. The second-order valence-electron chi connectivity index (χ2n) is 5.87. The summed E-state index contributed by atoms with van der Waals surface area (Å²) in [6, 6.07) is 17.5. The van der Waals surface area contributed by atoms with Gasteiger partial charge < -0.3 is 10.6 Å². The van der Waals surface area contributed by atoms with E-state index in [4.69, 9.17) is 0 Å². The number of nitrogens with zero attached hydrogens (tertiary/aromatic N) is 1. The summed E-state index contributed by atoms with van der Waals surface area (Å²) in [6.07, 6.45) is 0.918. The van der Waals surface area contributed by atoms with E-state index < -0.39 is 17.6 Å². The minimum absolute atomic E-state index is 0.0910. The maximum Gasteiger partial charge on any atom is 0.274 e. The lowest BCUT2D eigenvalue weighted by atomic mass is 10.1. The van der Waals surface area contributed by atoms with Crippen molar-refractivity contribution in [2.45, 2.75) is 13.3 Å². The number of aromatic nitrogens is 1. The van der Waals surface area contributed by atoms with Crippen LogP contribution >= 0.6 is 0 Å². The summed E-state index contributed by atoms with van der Waals surface area (Å²) in [5.74, 6) is -1.28. The van der Waals surface area contributed by atoms with Crippen LogP contribution in [0.5, 0.6) is 0 Å². The molecule has 27 heavy (non-hydrogen) atoms. The molecule has 0 bridgehead atoms. The van der Waals surface area contributed by atoms with Crippen molar-refractivity contribution in [3.05, 3.63) is 89.5 Å². The largest absolute Gasteiger partial charge is 0.321 e. The fourth-order valence-corrected chi connectivity index (χ4v) is 2.43. The highest BCUT2D eigenvalue weighted by Crippen LogP contribution is 2.13. The first kappa shape index (κ1) is 18.3. The van der Waals surface area contributed by atoms with Gasteiger partial charge in [0.15, 0.2) is 0 Å². The van der Waals surface area contributed by atoms with Gasteiger partial charge in [-0.25, -0.2) is 9.37 Å². The van der Waals surface area contributed by atoms with Crippen molar-refractivity contribution in [3.8, 4) is 0 Å². The number of hydrogen-bond donors (Lipinski definition) is 2. The summed E-state index contributed by atoms with van der Waals surface area (Å²) in [4.78, 5) is 28.8. The van der Waals surface area contributed by atoms with Gasteiger partial charge in [-0.2, -0.15) is 0 Å². The maximum absolute atomic E-state index is 12.9. The van der Waals surface area contributed by atoms with Crippen LogP contribution in [0.4, 0.5) is 15.8 Å². The fourth-order valence-electron chi connectivity index (χ4n) is 2.43. The minimum Gasteiger partial charge on any atom is -0.321 e. The summed E-state index contributed by atoms with van der Waals surface area (Å²) in [6.45, 7) is 2.06. The van der Waals surface area contributed by atoms with Crippen molar-refractivity contribution < 1.29 is 14.0 Å². The lowest BCUT2D eigenvalue weighted by molar-refractivity contribution is 0.101. The number of carbonyl (C=O) groups is 2. The fraction of sp³-hybridized carbons (Fsp3) is 0.0952. The Bertz CT molecular complexity index is 954. The number of pyridine rings is 1. The third kappa shape index (κ3) is 4.76. The number of carbonyl (C=O) groups excluding carboxylic acids is 2. The first-order valence-electron chi connectivity index (χ1n) is 8.49. The van der Waals surface area contributed by atoms with E-state index >= 15 is 0 Å². The molecule has 3 aromatic rings. The molecule has 2 amide bonds. The van der Waals surface area contributed by atoms with Crippen molar-refractivity contribution >= 4 is 23.2 Å². The molecule has 0 saturated heterocycles. The minimum atomic E-state index is -0.483. The number of hydrogen-bond acceptors (Lipinski definition) is 3. The number of aryl methyl sites for hydroxylation is 1.